The summed E-state index contributed by atoms with van der Waals surface area (Å²) < 4.78 is 21.3. The van der Waals surface area contributed by atoms with E-state index in [1.165, 1.54) is 5.56 Å². The third-order valence-electron chi connectivity index (χ3n) is 6.10. The van der Waals surface area contributed by atoms with E-state index in [1.54, 1.807) is 7.11 Å². The first-order valence-electron chi connectivity index (χ1n) is 10.1. The third kappa shape index (κ3) is 3.48. The van der Waals surface area contributed by atoms with E-state index in [0.717, 1.165) is 52.9 Å². The molecule has 0 spiro atoms. The van der Waals surface area contributed by atoms with E-state index in [0.29, 0.717) is 24.6 Å². The molecule has 6 heteroatoms. The van der Waals surface area contributed by atoms with Crippen molar-refractivity contribution in [1.82, 2.24) is 9.97 Å². The predicted molar refractivity (Wildman–Crippen MR) is 116 cm³/mol. The second-order valence-electron chi connectivity index (χ2n) is 8.00. The van der Waals surface area contributed by atoms with E-state index < -0.39 is 5.67 Å². The molecule has 0 N–H and O–H groups in total. The Kier molecular flexibility index (Phi) is 4.69. The monoisotopic (exact) mass is 455 g/mol. The number of aromatic nitrogens is 2. The zero-order chi connectivity index (χ0) is 20.0. The Bertz CT molecular complexity index is 1060. The molecule has 150 valence electrons. The number of nitrogens with zero attached hydrogens (tertiary/aromatic N) is 3. The fraction of sp³-hybridized carbons (Fsp3) is 0.391. The molecule has 1 saturated carbocycles. The normalized spacial score (nSPS) is 18.8. The van der Waals surface area contributed by atoms with Crippen LogP contribution >= 0.6 is 15.9 Å². The summed E-state index contributed by atoms with van der Waals surface area (Å²) in [5, 5.41) is 0.975. The van der Waals surface area contributed by atoms with Crippen molar-refractivity contribution in [3.63, 3.8) is 0 Å². The number of piperidine rings is 1. The van der Waals surface area contributed by atoms with Gasteiger partial charge in [0.05, 0.1) is 12.6 Å². The van der Waals surface area contributed by atoms with Crippen molar-refractivity contribution in [2.45, 2.75) is 37.3 Å². The van der Waals surface area contributed by atoms with E-state index in [4.69, 9.17) is 9.72 Å². The molecule has 2 heterocycles. The van der Waals surface area contributed by atoms with Gasteiger partial charge in [-0.15, -0.1) is 0 Å². The molecule has 2 aromatic carbocycles. The highest BCUT2D eigenvalue weighted by Crippen LogP contribution is 2.49. The smallest absolute Gasteiger partial charge is 0.170 e. The zero-order valence-corrected chi connectivity index (χ0v) is 18.0. The maximum absolute atomic E-state index is 14.8. The van der Waals surface area contributed by atoms with Gasteiger partial charge >= 0.3 is 0 Å². The van der Waals surface area contributed by atoms with Crippen LogP contribution in [0, 0.1) is 0 Å². The van der Waals surface area contributed by atoms with Crippen molar-refractivity contribution in [2.24, 2.45) is 0 Å². The molecule has 0 radical (unpaired) electrons. The SMILES string of the molecule is COc1ccccc1C1CCN(c2nc(C3(F)CC3)nc3ccc(Br)cc23)CC1. The summed E-state index contributed by atoms with van der Waals surface area (Å²) in [5.74, 6) is 2.61. The number of halogens is 2. The third-order valence-corrected chi connectivity index (χ3v) is 6.59. The van der Waals surface area contributed by atoms with Gasteiger partial charge in [-0.2, -0.15) is 0 Å². The van der Waals surface area contributed by atoms with E-state index in [2.05, 4.69) is 37.9 Å². The summed E-state index contributed by atoms with van der Waals surface area (Å²) in [5.41, 5.74) is 0.737. The first-order chi connectivity index (χ1) is 14.1. The Morgan fingerprint density at radius 3 is 2.59 bits per heavy atom. The van der Waals surface area contributed by atoms with Crippen molar-refractivity contribution >= 4 is 32.7 Å². The summed E-state index contributed by atoms with van der Waals surface area (Å²) in [4.78, 5) is 11.6. The van der Waals surface area contributed by atoms with Crippen LogP contribution in [-0.2, 0) is 5.67 Å². The molecule has 3 aromatic rings. The van der Waals surface area contributed by atoms with E-state index in [1.807, 2.05) is 30.3 Å². The minimum Gasteiger partial charge on any atom is -0.496 e. The molecule has 0 unspecified atom stereocenters. The largest absolute Gasteiger partial charge is 0.496 e. The summed E-state index contributed by atoms with van der Waals surface area (Å²) in [6, 6.07) is 14.2. The Morgan fingerprint density at radius 2 is 1.86 bits per heavy atom. The molecular weight excluding hydrogens is 433 g/mol. The number of rotatable bonds is 4. The Labute approximate surface area is 178 Å². The van der Waals surface area contributed by atoms with Crippen LogP contribution < -0.4 is 9.64 Å². The van der Waals surface area contributed by atoms with Crippen molar-refractivity contribution in [3.8, 4) is 5.75 Å². The Morgan fingerprint density at radius 1 is 1.10 bits per heavy atom. The molecule has 1 aromatic heterocycles. The molecule has 1 aliphatic heterocycles. The average molecular weight is 456 g/mol. The van der Waals surface area contributed by atoms with Gasteiger partial charge in [0.25, 0.3) is 0 Å². The van der Waals surface area contributed by atoms with Crippen LogP contribution in [0.15, 0.2) is 46.9 Å². The predicted octanol–water partition coefficient (Wildman–Crippen LogP) is 5.74. The minimum absolute atomic E-state index is 0.342. The van der Waals surface area contributed by atoms with E-state index in [9.17, 15) is 4.39 Å². The van der Waals surface area contributed by atoms with Gasteiger partial charge in [0.2, 0.25) is 0 Å². The molecule has 2 fully saturated rings. The molecule has 0 atom stereocenters. The van der Waals surface area contributed by atoms with Gasteiger partial charge in [0.1, 0.15) is 11.6 Å². The van der Waals surface area contributed by atoms with Gasteiger partial charge in [-0.1, -0.05) is 34.1 Å². The molecule has 4 nitrogen and oxygen atoms in total. The van der Waals surface area contributed by atoms with Crippen LogP contribution in [0.3, 0.4) is 0 Å². The maximum Gasteiger partial charge on any atom is 0.170 e. The molecule has 29 heavy (non-hydrogen) atoms. The fourth-order valence-electron chi connectivity index (χ4n) is 4.27. The van der Waals surface area contributed by atoms with Gasteiger partial charge in [0, 0.05) is 22.9 Å². The summed E-state index contributed by atoms with van der Waals surface area (Å²) in [7, 11) is 1.73. The summed E-state index contributed by atoms with van der Waals surface area (Å²) >= 11 is 3.55. The van der Waals surface area contributed by atoms with Gasteiger partial charge < -0.3 is 9.64 Å². The second-order valence-corrected chi connectivity index (χ2v) is 8.92. The van der Waals surface area contributed by atoms with Crippen LogP contribution in [0.25, 0.3) is 10.9 Å². The first kappa shape index (κ1) is 18.8. The molecule has 1 aliphatic carbocycles. The molecule has 0 amide bonds. The highest BCUT2D eigenvalue weighted by atomic mass is 79.9. The summed E-state index contributed by atoms with van der Waals surface area (Å²) in [6.07, 6.45) is 3.06. The number of benzene rings is 2. The van der Waals surface area contributed by atoms with Crippen LogP contribution in [0.2, 0.25) is 0 Å². The van der Waals surface area contributed by atoms with Crippen molar-refractivity contribution < 1.29 is 9.13 Å². The molecule has 2 aliphatic rings. The van der Waals surface area contributed by atoms with E-state index >= 15 is 0 Å². The fourth-order valence-corrected chi connectivity index (χ4v) is 4.63. The molecule has 5 rings (SSSR count). The standard InChI is InChI=1S/C23H23BrFN3O/c1-29-20-5-3-2-4-17(20)15-8-12-28(13-9-15)21-18-14-16(24)6-7-19(18)26-22(27-21)23(25)10-11-23/h2-7,14-15H,8-13H2,1H3. The highest BCUT2D eigenvalue weighted by molar-refractivity contribution is 9.10. The topological polar surface area (TPSA) is 38.2 Å². The maximum atomic E-state index is 14.8. The molecule has 0 bridgehead atoms. The van der Waals surface area contributed by atoms with Crippen LogP contribution in [0.4, 0.5) is 10.2 Å². The van der Waals surface area contributed by atoms with E-state index in [-0.39, 0.29) is 0 Å². The number of para-hydroxylation sites is 1. The summed E-state index contributed by atoms with van der Waals surface area (Å²) in [6.45, 7) is 1.75. The quantitative estimate of drug-likeness (QED) is 0.502. The Hall–Kier alpha value is -2.21. The lowest BCUT2D eigenvalue weighted by Crippen LogP contribution is -2.34. The highest BCUT2D eigenvalue weighted by Gasteiger charge is 2.48. The van der Waals surface area contributed by atoms with Gasteiger partial charge in [-0.05, 0) is 61.4 Å². The molecule has 1 saturated heterocycles. The van der Waals surface area contributed by atoms with Gasteiger partial charge in [-0.25, -0.2) is 14.4 Å². The number of fused-ring (bicyclic) bond motifs is 1. The number of anilines is 1. The van der Waals surface area contributed by atoms with Gasteiger partial charge in [-0.3, -0.25) is 0 Å². The first-order valence-corrected chi connectivity index (χ1v) is 10.9. The number of ether oxygens (including phenoxy) is 1. The number of hydrogen-bond donors (Lipinski definition) is 0. The Balaban J connectivity index is 1.46. The number of methoxy groups -OCH3 is 1. The number of alkyl halides is 1. The van der Waals surface area contributed by atoms with Crippen LogP contribution in [0.1, 0.15) is 43.0 Å². The average Bonchev–Trinajstić information content (AvgIpc) is 3.51. The number of hydrogen-bond acceptors (Lipinski definition) is 4. The van der Waals surface area contributed by atoms with Gasteiger partial charge in [0.15, 0.2) is 11.5 Å². The van der Waals surface area contributed by atoms with Crippen LogP contribution in [-0.4, -0.2) is 30.2 Å². The zero-order valence-electron chi connectivity index (χ0n) is 16.4. The second kappa shape index (κ2) is 7.24. The lowest BCUT2D eigenvalue weighted by molar-refractivity contribution is 0.301. The minimum atomic E-state index is -1.34. The van der Waals surface area contributed by atoms with Crippen molar-refractivity contribution in [3.05, 3.63) is 58.3 Å². The lowest BCUT2D eigenvalue weighted by Gasteiger charge is -2.34. The lowest BCUT2D eigenvalue weighted by atomic mass is 9.88. The van der Waals surface area contributed by atoms with Crippen molar-refractivity contribution in [1.29, 1.82) is 0 Å². The van der Waals surface area contributed by atoms with Crippen LogP contribution in [0.5, 0.6) is 5.75 Å². The molecular formula is C23H23BrFN3O. The van der Waals surface area contributed by atoms with Crippen molar-refractivity contribution in [2.75, 3.05) is 25.1 Å².